The molecule has 0 saturated carbocycles. The number of hydrogen-bond acceptors (Lipinski definition) is 0. The molecule has 0 aromatic rings. The summed E-state index contributed by atoms with van der Waals surface area (Å²) in [5.74, 6) is 0. The Kier molecular flexibility index (Phi) is 6.67. The van der Waals surface area contributed by atoms with Gasteiger partial charge in [0.05, 0.1) is 0 Å². The van der Waals surface area contributed by atoms with Crippen LogP contribution in [-0.2, 0) is 0 Å². The minimum absolute atomic E-state index is 0.325. The first-order valence-electron chi connectivity index (χ1n) is 3.61. The minimum atomic E-state index is 0.325. The molecule has 0 aliphatic rings. The predicted octanol–water partition coefficient (Wildman–Crippen LogP) is 4.03. The molecule has 0 nitrogen and oxygen atoms in total. The van der Waals surface area contributed by atoms with Crippen LogP contribution in [0.4, 0.5) is 0 Å². The normalized spacial score (nSPS) is 14.3. The maximum Gasteiger partial charge on any atom is -0.0176 e. The average Bonchev–Trinajstić information content (AvgIpc) is 1.82. The van der Waals surface area contributed by atoms with E-state index in [0.717, 1.165) is 5.66 Å². The van der Waals surface area contributed by atoms with Crippen molar-refractivity contribution in [2.75, 3.05) is 6.16 Å². The van der Waals surface area contributed by atoms with Crippen LogP contribution in [-0.4, -0.2) is 11.8 Å². The first-order chi connectivity index (χ1) is 4.18. The topological polar surface area (TPSA) is 0 Å². The highest BCUT2D eigenvalue weighted by atomic mass is 127. The Hall–Kier alpha value is 1.16. The molecule has 0 saturated heterocycles. The second kappa shape index (κ2) is 5.91. The lowest BCUT2D eigenvalue weighted by Crippen LogP contribution is -1.90. The molecule has 0 fully saturated rings. The van der Waals surface area contributed by atoms with Gasteiger partial charge in [0.15, 0.2) is 0 Å². The van der Waals surface area contributed by atoms with Gasteiger partial charge in [-0.25, -0.2) is 0 Å². The van der Waals surface area contributed by atoms with Crippen molar-refractivity contribution in [2.24, 2.45) is 0 Å². The summed E-state index contributed by atoms with van der Waals surface area (Å²) in [6.45, 7) is 6.92. The molecule has 56 valence electrons. The summed E-state index contributed by atoms with van der Waals surface area (Å²) < 4.78 is 0. The van der Waals surface area contributed by atoms with Crippen LogP contribution in [0.25, 0.3) is 0 Å². The molecule has 1 atom stereocenters. The highest BCUT2D eigenvalue weighted by Crippen LogP contribution is 2.49. The van der Waals surface area contributed by atoms with Crippen molar-refractivity contribution in [3.8, 4) is 0 Å². The smallest absolute Gasteiger partial charge is 0.0176 e. The Balaban J connectivity index is 3.16. The van der Waals surface area contributed by atoms with Gasteiger partial charge in [0.2, 0.25) is 0 Å². The van der Waals surface area contributed by atoms with Crippen LogP contribution >= 0.6 is 27.6 Å². The average molecular weight is 258 g/mol. The molecule has 0 N–H and O–H groups in total. The first kappa shape index (κ1) is 10.2. The molecule has 0 heterocycles. The summed E-state index contributed by atoms with van der Waals surface area (Å²) in [6.07, 6.45) is 4.24. The van der Waals surface area contributed by atoms with Crippen LogP contribution in [0.3, 0.4) is 0 Å². The molecule has 0 rings (SSSR count). The number of unbranched alkanes of at least 4 members (excludes halogenated alkanes) is 1. The number of halogens is 1. The van der Waals surface area contributed by atoms with Gasteiger partial charge < -0.3 is 0 Å². The maximum atomic E-state index is 2.62. The fourth-order valence-electron chi connectivity index (χ4n) is 0.567. The molecule has 0 amide bonds. The highest BCUT2D eigenvalue weighted by Gasteiger charge is 2.05. The maximum absolute atomic E-state index is 2.62. The monoisotopic (exact) mass is 258 g/mol. The Morgan fingerprint density at radius 2 is 2.00 bits per heavy atom. The largest absolute Gasteiger partial charge is 0.0654 e. The van der Waals surface area contributed by atoms with Crippen LogP contribution in [0.5, 0.6) is 0 Å². The molecule has 0 bridgehead atoms. The summed E-state index contributed by atoms with van der Waals surface area (Å²) >= 11 is 2.62. The SMILES string of the molecule is CCCCP(I)C(C)C. The van der Waals surface area contributed by atoms with E-state index in [0.29, 0.717) is 5.56 Å². The Morgan fingerprint density at radius 3 is 2.33 bits per heavy atom. The van der Waals surface area contributed by atoms with Crippen molar-refractivity contribution in [1.82, 2.24) is 0 Å². The zero-order valence-corrected chi connectivity index (χ0v) is 9.58. The minimum Gasteiger partial charge on any atom is -0.0654 e. The van der Waals surface area contributed by atoms with Crippen molar-refractivity contribution < 1.29 is 0 Å². The lowest BCUT2D eigenvalue weighted by molar-refractivity contribution is 0.888. The van der Waals surface area contributed by atoms with Crippen LogP contribution in [0, 0.1) is 0 Å². The molecular formula is C7H16IP. The van der Waals surface area contributed by atoms with Gasteiger partial charge in [0, 0.05) is 0 Å². The standard InChI is InChI=1S/C7H16IP/c1-4-5-6-9(8)7(2)3/h7H,4-6H2,1-3H3. The van der Waals surface area contributed by atoms with E-state index in [1.165, 1.54) is 19.0 Å². The lowest BCUT2D eigenvalue weighted by atomic mass is 10.4. The van der Waals surface area contributed by atoms with Crippen molar-refractivity contribution in [3.63, 3.8) is 0 Å². The van der Waals surface area contributed by atoms with E-state index in [-0.39, 0.29) is 0 Å². The lowest BCUT2D eigenvalue weighted by Gasteiger charge is -2.12. The quantitative estimate of drug-likeness (QED) is 0.527. The summed E-state index contributed by atoms with van der Waals surface area (Å²) in [7, 11) is 0. The summed E-state index contributed by atoms with van der Waals surface area (Å²) in [5, 5.41) is 0. The van der Waals surface area contributed by atoms with Gasteiger partial charge in [-0.05, 0) is 23.8 Å². The molecule has 0 spiro atoms. The van der Waals surface area contributed by atoms with Crippen LogP contribution < -0.4 is 0 Å². The van der Waals surface area contributed by atoms with E-state index >= 15 is 0 Å². The van der Waals surface area contributed by atoms with Crippen molar-refractivity contribution in [2.45, 2.75) is 39.3 Å². The Bertz CT molecular complexity index is 63.9. The van der Waals surface area contributed by atoms with E-state index in [9.17, 15) is 0 Å². The van der Waals surface area contributed by atoms with E-state index in [1.54, 1.807) is 0 Å². The summed E-state index contributed by atoms with van der Waals surface area (Å²) in [4.78, 5) is 0. The third-order valence-electron chi connectivity index (χ3n) is 1.29. The second-order valence-corrected chi connectivity index (χ2v) is 8.57. The van der Waals surface area contributed by atoms with Gasteiger partial charge >= 0.3 is 0 Å². The predicted molar refractivity (Wildman–Crippen MR) is 55.9 cm³/mol. The Labute approximate surface area is 73.0 Å². The molecular weight excluding hydrogens is 242 g/mol. The third-order valence-corrected chi connectivity index (χ3v) is 7.94. The van der Waals surface area contributed by atoms with E-state index in [4.69, 9.17) is 0 Å². The third kappa shape index (κ3) is 5.60. The van der Waals surface area contributed by atoms with Crippen LogP contribution in [0.1, 0.15) is 33.6 Å². The first-order valence-corrected chi connectivity index (χ1v) is 7.99. The van der Waals surface area contributed by atoms with E-state index < -0.39 is 0 Å². The fourth-order valence-corrected chi connectivity index (χ4v) is 2.73. The molecule has 0 aromatic carbocycles. The van der Waals surface area contributed by atoms with Crippen molar-refractivity contribution in [1.29, 1.82) is 0 Å². The molecule has 0 aliphatic heterocycles. The molecule has 9 heavy (non-hydrogen) atoms. The van der Waals surface area contributed by atoms with Crippen molar-refractivity contribution >= 4 is 27.6 Å². The van der Waals surface area contributed by atoms with Gasteiger partial charge in [-0.3, -0.25) is 0 Å². The van der Waals surface area contributed by atoms with Crippen molar-refractivity contribution in [3.05, 3.63) is 0 Å². The molecule has 0 aliphatic carbocycles. The van der Waals surface area contributed by atoms with Gasteiger partial charge in [0.25, 0.3) is 0 Å². The van der Waals surface area contributed by atoms with Gasteiger partial charge in [0.1, 0.15) is 0 Å². The molecule has 1 unspecified atom stereocenters. The fraction of sp³-hybridized carbons (Fsp3) is 1.00. The van der Waals surface area contributed by atoms with Crippen LogP contribution in [0.15, 0.2) is 0 Å². The molecule has 0 radical (unpaired) electrons. The van der Waals surface area contributed by atoms with Crippen LogP contribution in [0.2, 0.25) is 0 Å². The van der Waals surface area contributed by atoms with Gasteiger partial charge in [-0.15, -0.1) is 0 Å². The summed E-state index contributed by atoms with van der Waals surface area (Å²) in [6, 6.07) is 0. The summed E-state index contributed by atoms with van der Waals surface area (Å²) in [5.41, 5.74) is 1.25. The highest BCUT2D eigenvalue weighted by molar-refractivity contribution is 14.2. The molecule has 2 heteroatoms. The van der Waals surface area contributed by atoms with Gasteiger partial charge in [-0.2, -0.15) is 0 Å². The number of rotatable bonds is 4. The second-order valence-electron chi connectivity index (χ2n) is 2.57. The molecule has 0 aromatic heterocycles. The zero-order valence-electron chi connectivity index (χ0n) is 6.52. The van der Waals surface area contributed by atoms with E-state index in [1.807, 2.05) is 0 Å². The number of hydrogen-bond donors (Lipinski definition) is 0. The Morgan fingerprint density at radius 1 is 1.44 bits per heavy atom. The van der Waals surface area contributed by atoms with Gasteiger partial charge in [-0.1, -0.05) is 49.2 Å². The zero-order chi connectivity index (χ0) is 7.28. The van der Waals surface area contributed by atoms with E-state index in [2.05, 4.69) is 42.8 Å².